The molecular formula is C21H21N3O3S2. The minimum atomic E-state index is 0.0623. The third-order valence-electron chi connectivity index (χ3n) is 5.55. The van der Waals surface area contributed by atoms with Crippen LogP contribution in [0.25, 0.3) is 11.1 Å². The molecule has 2 unspecified atom stereocenters. The van der Waals surface area contributed by atoms with Gasteiger partial charge in [-0.3, -0.25) is 9.59 Å². The molecule has 1 saturated carbocycles. The van der Waals surface area contributed by atoms with Crippen molar-refractivity contribution in [3.05, 3.63) is 46.7 Å². The third kappa shape index (κ3) is 3.91. The molecule has 0 radical (unpaired) electrons. The Balaban J connectivity index is 1.10. The summed E-state index contributed by atoms with van der Waals surface area (Å²) in [4.78, 5) is 34.8. The fourth-order valence-corrected chi connectivity index (χ4v) is 5.47. The minimum Gasteiger partial charge on any atom is -0.431 e. The molecule has 2 aromatic heterocycles. The number of aromatic nitrogens is 1. The zero-order valence-corrected chi connectivity index (χ0v) is 17.5. The van der Waals surface area contributed by atoms with E-state index in [-0.39, 0.29) is 17.7 Å². The monoisotopic (exact) mass is 427 g/mol. The normalized spacial score (nSPS) is 21.5. The van der Waals surface area contributed by atoms with Crippen LogP contribution in [0.3, 0.4) is 0 Å². The van der Waals surface area contributed by atoms with Gasteiger partial charge in [0.15, 0.2) is 5.58 Å². The molecule has 3 heterocycles. The second kappa shape index (κ2) is 7.84. The molecule has 29 heavy (non-hydrogen) atoms. The minimum absolute atomic E-state index is 0.0623. The molecule has 2 amide bonds. The van der Waals surface area contributed by atoms with Crippen molar-refractivity contribution in [3.8, 4) is 0 Å². The van der Waals surface area contributed by atoms with E-state index in [1.165, 1.54) is 16.6 Å². The molecular weight excluding hydrogens is 406 g/mol. The van der Waals surface area contributed by atoms with Crippen LogP contribution in [-0.2, 0) is 9.59 Å². The van der Waals surface area contributed by atoms with Gasteiger partial charge < -0.3 is 14.2 Å². The number of benzene rings is 1. The summed E-state index contributed by atoms with van der Waals surface area (Å²) in [5.74, 6) is 1.13. The molecule has 0 spiro atoms. The van der Waals surface area contributed by atoms with Crippen molar-refractivity contribution in [2.75, 3.05) is 31.9 Å². The van der Waals surface area contributed by atoms with E-state index in [9.17, 15) is 9.59 Å². The number of carbonyl (C=O) groups is 2. The van der Waals surface area contributed by atoms with Gasteiger partial charge in [-0.2, -0.15) is 0 Å². The van der Waals surface area contributed by atoms with Gasteiger partial charge in [0.05, 0.1) is 5.75 Å². The number of nitrogens with zero attached hydrogens (tertiary/aromatic N) is 3. The summed E-state index contributed by atoms with van der Waals surface area (Å²) in [5.41, 5.74) is 1.53. The van der Waals surface area contributed by atoms with Crippen molar-refractivity contribution in [1.82, 2.24) is 14.8 Å². The van der Waals surface area contributed by atoms with E-state index in [0.717, 1.165) is 17.5 Å². The van der Waals surface area contributed by atoms with Crippen LogP contribution >= 0.6 is 23.1 Å². The number of thioether (sulfide) groups is 1. The van der Waals surface area contributed by atoms with Crippen molar-refractivity contribution in [1.29, 1.82) is 0 Å². The standard InChI is InChI=1S/C21H21N3O3S2/c25-19(13-29-21-22-16-4-1-2-5-17(16)27-21)23-7-9-24(10-8-23)20(26)15-12-14(15)18-6-3-11-28-18/h1-6,11,14-15H,7-10,12-13H2. The number of rotatable bonds is 5. The lowest BCUT2D eigenvalue weighted by molar-refractivity contribution is -0.139. The van der Waals surface area contributed by atoms with Gasteiger partial charge >= 0.3 is 0 Å². The maximum Gasteiger partial charge on any atom is 0.257 e. The number of hydrogen-bond acceptors (Lipinski definition) is 6. The van der Waals surface area contributed by atoms with Gasteiger partial charge in [0.2, 0.25) is 11.8 Å². The van der Waals surface area contributed by atoms with Gasteiger partial charge in [0.1, 0.15) is 5.52 Å². The fourth-order valence-electron chi connectivity index (χ4n) is 3.82. The number of piperazine rings is 1. The molecule has 1 saturated heterocycles. The highest BCUT2D eigenvalue weighted by Gasteiger charge is 2.46. The van der Waals surface area contributed by atoms with Crippen molar-refractivity contribution in [2.24, 2.45) is 5.92 Å². The average molecular weight is 428 g/mol. The molecule has 1 aliphatic carbocycles. The van der Waals surface area contributed by atoms with Gasteiger partial charge in [0, 0.05) is 42.9 Å². The first-order valence-electron chi connectivity index (χ1n) is 9.77. The van der Waals surface area contributed by atoms with Crippen LogP contribution < -0.4 is 0 Å². The lowest BCUT2D eigenvalue weighted by Crippen LogP contribution is -2.51. The quantitative estimate of drug-likeness (QED) is 0.584. The zero-order valence-electron chi connectivity index (χ0n) is 15.8. The van der Waals surface area contributed by atoms with E-state index in [4.69, 9.17) is 4.42 Å². The number of carbonyl (C=O) groups excluding carboxylic acids is 2. The first-order valence-corrected chi connectivity index (χ1v) is 11.6. The van der Waals surface area contributed by atoms with Crippen molar-refractivity contribution >= 4 is 46.0 Å². The lowest BCUT2D eigenvalue weighted by Gasteiger charge is -2.35. The summed E-state index contributed by atoms with van der Waals surface area (Å²) in [5, 5.41) is 2.58. The first-order chi connectivity index (χ1) is 14.2. The number of fused-ring (bicyclic) bond motifs is 1. The summed E-state index contributed by atoms with van der Waals surface area (Å²) in [6.45, 7) is 2.42. The number of para-hydroxylation sites is 2. The Hall–Kier alpha value is -2.32. The van der Waals surface area contributed by atoms with E-state index in [2.05, 4.69) is 16.4 Å². The molecule has 2 aliphatic rings. The molecule has 2 fully saturated rings. The Morgan fingerprint density at radius 3 is 2.66 bits per heavy atom. The van der Waals surface area contributed by atoms with Gasteiger partial charge in [-0.25, -0.2) is 4.98 Å². The predicted octanol–water partition coefficient (Wildman–Crippen LogP) is 3.46. The average Bonchev–Trinajstić information content (AvgIpc) is 3.16. The largest absolute Gasteiger partial charge is 0.431 e. The van der Waals surface area contributed by atoms with Crippen molar-refractivity contribution in [3.63, 3.8) is 0 Å². The van der Waals surface area contributed by atoms with E-state index in [1.807, 2.05) is 40.1 Å². The van der Waals surface area contributed by atoms with Crippen molar-refractivity contribution < 1.29 is 14.0 Å². The summed E-state index contributed by atoms with van der Waals surface area (Å²) in [6, 6.07) is 11.7. The molecule has 0 bridgehead atoms. The Morgan fingerprint density at radius 1 is 1.10 bits per heavy atom. The molecule has 6 nitrogen and oxygen atoms in total. The second-order valence-corrected chi connectivity index (χ2v) is 9.31. The Kier molecular flexibility index (Phi) is 5.05. The van der Waals surface area contributed by atoms with E-state index >= 15 is 0 Å². The number of hydrogen-bond donors (Lipinski definition) is 0. The van der Waals surface area contributed by atoms with E-state index in [1.54, 1.807) is 11.3 Å². The molecule has 0 N–H and O–H groups in total. The van der Waals surface area contributed by atoms with Crippen LogP contribution in [0.2, 0.25) is 0 Å². The Labute approximate surface area is 176 Å². The first kappa shape index (κ1) is 18.7. The predicted molar refractivity (Wildman–Crippen MR) is 113 cm³/mol. The summed E-state index contributed by atoms with van der Waals surface area (Å²) < 4.78 is 5.66. The summed E-state index contributed by atoms with van der Waals surface area (Å²) in [7, 11) is 0. The van der Waals surface area contributed by atoms with Gasteiger partial charge in [0.25, 0.3) is 5.22 Å². The van der Waals surface area contributed by atoms with Crippen LogP contribution in [0.5, 0.6) is 0 Å². The number of thiophene rings is 1. The topological polar surface area (TPSA) is 66.7 Å². The highest BCUT2D eigenvalue weighted by Crippen LogP contribution is 2.50. The lowest BCUT2D eigenvalue weighted by atomic mass is 10.2. The van der Waals surface area contributed by atoms with Gasteiger partial charge in [-0.15, -0.1) is 11.3 Å². The maximum absolute atomic E-state index is 12.7. The highest BCUT2D eigenvalue weighted by molar-refractivity contribution is 7.99. The number of oxazole rings is 1. The second-order valence-electron chi connectivity index (χ2n) is 7.41. The van der Waals surface area contributed by atoms with Crippen LogP contribution in [0, 0.1) is 5.92 Å². The fraction of sp³-hybridized carbons (Fsp3) is 0.381. The Morgan fingerprint density at radius 2 is 1.90 bits per heavy atom. The van der Waals surface area contributed by atoms with E-state index < -0.39 is 0 Å². The molecule has 5 rings (SSSR count). The molecule has 2 atom stereocenters. The van der Waals surface area contributed by atoms with Crippen LogP contribution in [0.15, 0.2) is 51.4 Å². The molecule has 8 heteroatoms. The van der Waals surface area contributed by atoms with Crippen molar-refractivity contribution in [2.45, 2.75) is 17.6 Å². The zero-order chi connectivity index (χ0) is 19.8. The summed E-state index contributed by atoms with van der Waals surface area (Å²) in [6.07, 6.45) is 0.958. The van der Waals surface area contributed by atoms with E-state index in [0.29, 0.717) is 43.1 Å². The smallest absolute Gasteiger partial charge is 0.257 e. The van der Waals surface area contributed by atoms with Crippen LogP contribution in [0.1, 0.15) is 17.2 Å². The molecule has 3 aromatic rings. The maximum atomic E-state index is 12.7. The third-order valence-corrected chi connectivity index (χ3v) is 7.37. The summed E-state index contributed by atoms with van der Waals surface area (Å²) >= 11 is 3.05. The number of amides is 2. The molecule has 150 valence electrons. The molecule has 1 aromatic carbocycles. The Bertz CT molecular complexity index is 992. The van der Waals surface area contributed by atoms with Crippen LogP contribution in [0.4, 0.5) is 0 Å². The highest BCUT2D eigenvalue weighted by atomic mass is 32.2. The SMILES string of the molecule is O=C(CSc1nc2ccccc2o1)N1CCN(C(=O)C2CC2c2cccs2)CC1. The molecule has 1 aliphatic heterocycles. The van der Waals surface area contributed by atoms with Gasteiger partial charge in [-0.05, 0) is 30.0 Å². The van der Waals surface area contributed by atoms with Gasteiger partial charge in [-0.1, -0.05) is 30.0 Å². The van der Waals surface area contributed by atoms with Crippen LogP contribution in [-0.4, -0.2) is 58.5 Å².